The van der Waals surface area contributed by atoms with E-state index in [0.29, 0.717) is 28.9 Å². The predicted octanol–water partition coefficient (Wildman–Crippen LogP) is 3.87. The molecule has 0 spiro atoms. The molecule has 3 aromatic heterocycles. The number of phenolic OH excluding ortho intramolecular Hbond substituents is 1. The summed E-state index contributed by atoms with van der Waals surface area (Å²) < 4.78 is 7.01. The van der Waals surface area contributed by atoms with Crippen molar-refractivity contribution in [3.05, 3.63) is 59.9 Å². The summed E-state index contributed by atoms with van der Waals surface area (Å²) in [6, 6.07) is 11.4. The van der Waals surface area contributed by atoms with E-state index in [1.807, 2.05) is 50.4 Å². The molecule has 136 valence electrons. The second kappa shape index (κ2) is 6.60. The maximum Gasteiger partial charge on any atom is 0.248 e. The Hall–Kier alpha value is -3.61. The van der Waals surface area contributed by atoms with Crippen molar-refractivity contribution in [1.82, 2.24) is 19.6 Å². The fraction of sp³-hybridized carbons (Fsp3) is 0.150. The lowest BCUT2D eigenvalue weighted by atomic mass is 10.0. The predicted molar refractivity (Wildman–Crippen MR) is 104 cm³/mol. The number of hydrogen-bond acceptors (Lipinski definition) is 6. The third-order valence-electron chi connectivity index (χ3n) is 4.38. The van der Waals surface area contributed by atoms with Gasteiger partial charge in [0.1, 0.15) is 5.75 Å². The van der Waals surface area contributed by atoms with Gasteiger partial charge < -0.3 is 15.2 Å². The number of ether oxygens (including phenoxy) is 1. The van der Waals surface area contributed by atoms with E-state index in [4.69, 9.17) is 4.74 Å². The summed E-state index contributed by atoms with van der Waals surface area (Å²) in [5.41, 5.74) is 4.40. The number of aryl methyl sites for hydroxylation is 2. The zero-order valence-electron chi connectivity index (χ0n) is 15.3. The van der Waals surface area contributed by atoms with Crippen LogP contribution in [0.3, 0.4) is 0 Å². The Balaban J connectivity index is 1.70. The molecule has 7 heteroatoms. The van der Waals surface area contributed by atoms with E-state index in [1.165, 1.54) is 0 Å². The molecule has 0 aliphatic heterocycles. The van der Waals surface area contributed by atoms with Crippen LogP contribution in [0.15, 0.2) is 48.8 Å². The summed E-state index contributed by atoms with van der Waals surface area (Å²) in [5, 5.41) is 17.6. The Labute approximate surface area is 156 Å². The van der Waals surface area contributed by atoms with Crippen LogP contribution in [-0.4, -0.2) is 31.8 Å². The number of aromatic hydroxyl groups is 1. The number of rotatable bonds is 4. The van der Waals surface area contributed by atoms with Gasteiger partial charge in [-0.1, -0.05) is 0 Å². The molecular weight excluding hydrogens is 342 g/mol. The average molecular weight is 361 g/mol. The molecule has 27 heavy (non-hydrogen) atoms. The normalized spacial score (nSPS) is 10.9. The van der Waals surface area contributed by atoms with E-state index in [9.17, 15) is 5.11 Å². The summed E-state index contributed by atoms with van der Waals surface area (Å²) in [4.78, 5) is 8.73. The van der Waals surface area contributed by atoms with Crippen LogP contribution in [0.1, 0.15) is 11.1 Å². The first-order valence-electron chi connectivity index (χ1n) is 8.48. The van der Waals surface area contributed by atoms with E-state index in [2.05, 4.69) is 20.4 Å². The molecule has 0 radical (unpaired) electrons. The van der Waals surface area contributed by atoms with Crippen molar-refractivity contribution in [3.8, 4) is 22.6 Å². The van der Waals surface area contributed by atoms with Crippen LogP contribution in [0.2, 0.25) is 0 Å². The average Bonchev–Trinajstić information content (AvgIpc) is 3.07. The maximum absolute atomic E-state index is 9.98. The first-order chi connectivity index (χ1) is 13.0. The van der Waals surface area contributed by atoms with Crippen LogP contribution in [0.5, 0.6) is 11.5 Å². The number of nitrogens with one attached hydrogen (secondary N) is 1. The van der Waals surface area contributed by atoms with Crippen molar-refractivity contribution in [2.75, 3.05) is 12.4 Å². The largest absolute Gasteiger partial charge is 0.507 e. The third-order valence-corrected chi connectivity index (χ3v) is 4.38. The molecule has 7 nitrogen and oxygen atoms in total. The SMILES string of the molecule is COc1cccnc1Nc1nc2ccc(-c3cc(C)c(O)c(C)c3)cn2n1. The minimum atomic E-state index is 0.330. The van der Waals surface area contributed by atoms with Crippen LogP contribution >= 0.6 is 0 Å². The molecule has 4 aromatic rings. The lowest BCUT2D eigenvalue weighted by Gasteiger charge is -2.08. The Morgan fingerprint density at radius 2 is 1.85 bits per heavy atom. The maximum atomic E-state index is 9.98. The van der Waals surface area contributed by atoms with Crippen LogP contribution in [-0.2, 0) is 0 Å². The summed E-state index contributed by atoms with van der Waals surface area (Å²) in [6.45, 7) is 3.78. The van der Waals surface area contributed by atoms with Gasteiger partial charge in [0.05, 0.1) is 7.11 Å². The van der Waals surface area contributed by atoms with E-state index < -0.39 is 0 Å². The smallest absolute Gasteiger partial charge is 0.248 e. The number of aromatic nitrogens is 4. The van der Waals surface area contributed by atoms with Crippen LogP contribution in [0, 0.1) is 13.8 Å². The van der Waals surface area contributed by atoms with Gasteiger partial charge in [-0.15, -0.1) is 5.10 Å². The van der Waals surface area contributed by atoms with Gasteiger partial charge in [0.15, 0.2) is 17.2 Å². The number of hydrogen-bond donors (Lipinski definition) is 2. The molecule has 3 heterocycles. The van der Waals surface area contributed by atoms with E-state index in [1.54, 1.807) is 23.9 Å². The van der Waals surface area contributed by atoms with E-state index >= 15 is 0 Å². The Kier molecular flexibility index (Phi) is 4.12. The highest BCUT2D eigenvalue weighted by atomic mass is 16.5. The highest BCUT2D eigenvalue weighted by molar-refractivity contribution is 5.68. The van der Waals surface area contributed by atoms with Gasteiger partial charge in [-0.25, -0.2) is 9.50 Å². The molecule has 0 bridgehead atoms. The molecule has 0 fully saturated rings. The summed E-state index contributed by atoms with van der Waals surface area (Å²) in [5.74, 6) is 1.94. The third kappa shape index (κ3) is 3.15. The minimum Gasteiger partial charge on any atom is -0.507 e. The van der Waals surface area contributed by atoms with Crippen molar-refractivity contribution in [1.29, 1.82) is 0 Å². The number of anilines is 2. The van der Waals surface area contributed by atoms with Gasteiger partial charge in [-0.3, -0.25) is 0 Å². The summed E-state index contributed by atoms with van der Waals surface area (Å²) in [6.07, 6.45) is 3.59. The topological polar surface area (TPSA) is 84.6 Å². The van der Waals surface area contributed by atoms with Gasteiger partial charge in [-0.05, 0) is 66.9 Å². The fourth-order valence-electron chi connectivity index (χ4n) is 2.98. The molecule has 0 saturated carbocycles. The van der Waals surface area contributed by atoms with E-state index in [0.717, 1.165) is 22.3 Å². The highest BCUT2D eigenvalue weighted by Crippen LogP contribution is 2.29. The van der Waals surface area contributed by atoms with Crippen LogP contribution in [0.25, 0.3) is 16.8 Å². The minimum absolute atomic E-state index is 0.330. The molecular formula is C20H19N5O2. The second-order valence-electron chi connectivity index (χ2n) is 6.29. The number of nitrogens with zero attached hydrogens (tertiary/aromatic N) is 4. The van der Waals surface area contributed by atoms with Crippen molar-refractivity contribution in [2.45, 2.75) is 13.8 Å². The lowest BCUT2D eigenvalue weighted by Crippen LogP contribution is -1.98. The number of pyridine rings is 2. The lowest BCUT2D eigenvalue weighted by molar-refractivity contribution is 0.415. The molecule has 0 amide bonds. The molecule has 0 aliphatic carbocycles. The van der Waals surface area contributed by atoms with Crippen molar-refractivity contribution < 1.29 is 9.84 Å². The fourth-order valence-corrected chi connectivity index (χ4v) is 2.98. The summed E-state index contributed by atoms with van der Waals surface area (Å²) in [7, 11) is 1.59. The number of methoxy groups -OCH3 is 1. The Bertz CT molecular complexity index is 1110. The zero-order valence-corrected chi connectivity index (χ0v) is 15.3. The van der Waals surface area contributed by atoms with Crippen LogP contribution in [0.4, 0.5) is 11.8 Å². The quantitative estimate of drug-likeness (QED) is 0.574. The molecule has 4 rings (SSSR count). The molecule has 1 aromatic carbocycles. The Morgan fingerprint density at radius 1 is 1.07 bits per heavy atom. The highest BCUT2D eigenvalue weighted by Gasteiger charge is 2.10. The van der Waals surface area contributed by atoms with Crippen molar-refractivity contribution in [3.63, 3.8) is 0 Å². The number of benzene rings is 1. The first kappa shape index (κ1) is 16.8. The number of fused-ring (bicyclic) bond motifs is 1. The molecule has 0 atom stereocenters. The van der Waals surface area contributed by atoms with Gasteiger partial charge >= 0.3 is 0 Å². The van der Waals surface area contributed by atoms with Gasteiger partial charge in [-0.2, -0.15) is 4.98 Å². The van der Waals surface area contributed by atoms with E-state index in [-0.39, 0.29) is 0 Å². The summed E-state index contributed by atoms with van der Waals surface area (Å²) >= 11 is 0. The molecule has 2 N–H and O–H groups in total. The van der Waals surface area contributed by atoms with Crippen molar-refractivity contribution >= 4 is 17.4 Å². The van der Waals surface area contributed by atoms with Gasteiger partial charge in [0.25, 0.3) is 0 Å². The molecule has 0 saturated heterocycles. The van der Waals surface area contributed by atoms with Gasteiger partial charge in [0, 0.05) is 18.0 Å². The zero-order chi connectivity index (χ0) is 19.0. The van der Waals surface area contributed by atoms with Gasteiger partial charge in [0.2, 0.25) is 5.95 Å². The molecule has 0 aliphatic rings. The second-order valence-corrected chi connectivity index (χ2v) is 6.29. The van der Waals surface area contributed by atoms with Crippen molar-refractivity contribution in [2.24, 2.45) is 0 Å². The molecule has 0 unspecified atom stereocenters. The first-order valence-corrected chi connectivity index (χ1v) is 8.48. The Morgan fingerprint density at radius 3 is 2.59 bits per heavy atom. The monoisotopic (exact) mass is 361 g/mol. The standard InChI is InChI=1S/C20H19N5O2/c1-12-9-15(10-13(2)18(12)26)14-6-7-17-22-20(24-25(17)11-14)23-19-16(27-3)5-4-8-21-19/h4-11,26H,1-3H3,(H,21,23,24). The number of phenols is 1. The van der Waals surface area contributed by atoms with Crippen LogP contribution < -0.4 is 10.1 Å².